The molecule has 3 rings (SSSR count). The van der Waals surface area contributed by atoms with Crippen molar-refractivity contribution in [1.82, 2.24) is 9.80 Å². The van der Waals surface area contributed by atoms with Crippen molar-refractivity contribution in [1.29, 1.82) is 0 Å². The predicted octanol–water partition coefficient (Wildman–Crippen LogP) is 0.669. The highest BCUT2D eigenvalue weighted by molar-refractivity contribution is 5.85. The molecule has 1 aromatic heterocycles. The molecule has 0 aliphatic carbocycles. The number of amides is 1. The van der Waals surface area contributed by atoms with E-state index >= 15 is 0 Å². The third-order valence-electron chi connectivity index (χ3n) is 3.43. The molecule has 0 radical (unpaired) electrons. The number of nitrogens with two attached hydrogens (primary N) is 1. The lowest BCUT2D eigenvalue weighted by Crippen LogP contribution is -2.22. The molecule has 0 aromatic carbocycles. The number of rotatable bonds is 2. The van der Waals surface area contributed by atoms with Gasteiger partial charge in [-0.15, -0.1) is 0 Å². The van der Waals surface area contributed by atoms with E-state index in [4.69, 9.17) is 10.2 Å². The molecule has 17 heavy (non-hydrogen) atoms. The van der Waals surface area contributed by atoms with Gasteiger partial charge in [0.15, 0.2) is 0 Å². The monoisotopic (exact) mass is 233 g/mol. The Morgan fingerprint density at radius 2 is 2.29 bits per heavy atom. The first-order chi connectivity index (χ1) is 8.18. The Balaban J connectivity index is 1.99. The minimum absolute atomic E-state index is 0.140. The summed E-state index contributed by atoms with van der Waals surface area (Å²) in [5, 5.41) is 0. The lowest BCUT2D eigenvalue weighted by Gasteiger charge is -2.18. The van der Waals surface area contributed by atoms with E-state index < -0.39 is 0 Å². The average molecular weight is 233 g/mol. The van der Waals surface area contributed by atoms with Crippen LogP contribution in [0.5, 0.6) is 0 Å². The first-order valence-corrected chi connectivity index (χ1v) is 5.72. The van der Waals surface area contributed by atoms with Crippen molar-refractivity contribution in [3.63, 3.8) is 0 Å². The first-order valence-electron chi connectivity index (χ1n) is 5.72. The van der Waals surface area contributed by atoms with Gasteiger partial charge in [0.05, 0.1) is 18.7 Å². The number of carbonyl (C=O) groups excluding carboxylic acids is 1. The third-order valence-corrected chi connectivity index (χ3v) is 3.43. The molecule has 2 aliphatic rings. The summed E-state index contributed by atoms with van der Waals surface area (Å²) in [5.74, 6) is 1.82. The first kappa shape index (κ1) is 10.4. The summed E-state index contributed by atoms with van der Waals surface area (Å²) in [6.07, 6.45) is 2.01. The minimum Gasteiger partial charge on any atom is -0.467 e. The van der Waals surface area contributed by atoms with Gasteiger partial charge in [-0.2, -0.15) is 0 Å². The van der Waals surface area contributed by atoms with Crippen molar-refractivity contribution in [2.45, 2.75) is 12.5 Å². The summed E-state index contributed by atoms with van der Waals surface area (Å²) in [6, 6.07) is 3.34. The van der Waals surface area contributed by atoms with Gasteiger partial charge < -0.3 is 15.1 Å². The average Bonchev–Trinajstić information content (AvgIpc) is 2.98. The van der Waals surface area contributed by atoms with Crippen LogP contribution in [0.1, 0.15) is 18.2 Å². The second-order valence-corrected chi connectivity index (χ2v) is 4.49. The van der Waals surface area contributed by atoms with Gasteiger partial charge in [-0.25, -0.2) is 0 Å². The van der Waals surface area contributed by atoms with Gasteiger partial charge in [0, 0.05) is 25.7 Å². The largest absolute Gasteiger partial charge is 0.467 e. The van der Waals surface area contributed by atoms with Crippen LogP contribution in [0.15, 0.2) is 34.2 Å². The molecule has 2 N–H and O–H groups in total. The zero-order valence-electron chi connectivity index (χ0n) is 9.72. The highest BCUT2D eigenvalue weighted by atomic mass is 16.3. The highest BCUT2D eigenvalue weighted by Crippen LogP contribution is 2.36. The second-order valence-electron chi connectivity index (χ2n) is 4.49. The molecule has 1 aromatic rings. The summed E-state index contributed by atoms with van der Waals surface area (Å²) >= 11 is 0. The number of likely N-dealkylation sites (N-methyl/N-ethyl adjacent to an activating group) is 1. The van der Waals surface area contributed by atoms with Crippen LogP contribution in [0.2, 0.25) is 0 Å². The molecule has 2 aliphatic heterocycles. The standard InChI is InChI=1S/C12H15N3O2/c1-14-4-5-15-10(16)7-8(12(14)15)11(13)9-3-2-6-17-9/h2-3,6,11H,4-5,7,13H2,1H3. The van der Waals surface area contributed by atoms with Gasteiger partial charge in [0.1, 0.15) is 11.6 Å². The molecule has 5 nitrogen and oxygen atoms in total. The van der Waals surface area contributed by atoms with Crippen LogP contribution in [-0.2, 0) is 4.79 Å². The summed E-state index contributed by atoms with van der Waals surface area (Å²) in [7, 11) is 1.99. The normalized spacial score (nSPS) is 21.4. The molecule has 1 saturated heterocycles. The number of carbonyl (C=O) groups is 1. The van der Waals surface area contributed by atoms with Crippen LogP contribution in [-0.4, -0.2) is 35.8 Å². The van der Waals surface area contributed by atoms with E-state index in [9.17, 15) is 4.79 Å². The fraction of sp³-hybridized carbons (Fsp3) is 0.417. The molecule has 1 fully saturated rings. The summed E-state index contributed by atoms with van der Waals surface area (Å²) in [5.41, 5.74) is 7.13. The third kappa shape index (κ3) is 1.46. The number of nitrogens with zero attached hydrogens (tertiary/aromatic N) is 2. The maximum absolute atomic E-state index is 11.9. The molecule has 5 heteroatoms. The van der Waals surface area contributed by atoms with Gasteiger partial charge in [-0.1, -0.05) is 0 Å². The van der Waals surface area contributed by atoms with Gasteiger partial charge in [-0.3, -0.25) is 9.69 Å². The van der Waals surface area contributed by atoms with Crippen LogP contribution in [0.4, 0.5) is 0 Å². The quantitative estimate of drug-likeness (QED) is 0.815. The lowest BCUT2D eigenvalue weighted by molar-refractivity contribution is -0.126. The second kappa shape index (κ2) is 3.63. The van der Waals surface area contributed by atoms with Crippen molar-refractivity contribution in [3.8, 4) is 0 Å². The van der Waals surface area contributed by atoms with Crippen LogP contribution >= 0.6 is 0 Å². The van der Waals surface area contributed by atoms with Crippen molar-refractivity contribution in [3.05, 3.63) is 35.6 Å². The predicted molar refractivity (Wildman–Crippen MR) is 61.6 cm³/mol. The molecule has 1 amide bonds. The fourth-order valence-electron chi connectivity index (χ4n) is 2.56. The molecule has 1 atom stereocenters. The lowest BCUT2D eigenvalue weighted by atomic mass is 10.0. The minimum atomic E-state index is -0.325. The summed E-state index contributed by atoms with van der Waals surface area (Å²) in [4.78, 5) is 15.8. The zero-order chi connectivity index (χ0) is 12.0. The Morgan fingerprint density at radius 1 is 1.47 bits per heavy atom. The van der Waals surface area contributed by atoms with Crippen molar-refractivity contribution in [2.24, 2.45) is 5.73 Å². The SMILES string of the molecule is CN1CCN2C(=O)CC(C(N)c3ccco3)=C12. The van der Waals surface area contributed by atoms with Crippen molar-refractivity contribution < 1.29 is 9.21 Å². The maximum atomic E-state index is 11.9. The van der Waals surface area contributed by atoms with E-state index in [-0.39, 0.29) is 11.9 Å². The van der Waals surface area contributed by atoms with Crippen molar-refractivity contribution in [2.75, 3.05) is 20.1 Å². The number of furan rings is 1. The van der Waals surface area contributed by atoms with Crippen molar-refractivity contribution >= 4 is 5.91 Å². The van der Waals surface area contributed by atoms with Gasteiger partial charge in [-0.05, 0) is 12.1 Å². The summed E-state index contributed by atoms with van der Waals surface area (Å²) < 4.78 is 5.32. The van der Waals surface area contributed by atoms with Gasteiger partial charge in [0.2, 0.25) is 5.91 Å². The van der Waals surface area contributed by atoms with E-state index in [0.717, 1.165) is 24.5 Å². The van der Waals surface area contributed by atoms with Crippen LogP contribution in [0.25, 0.3) is 0 Å². The fourth-order valence-corrected chi connectivity index (χ4v) is 2.56. The Morgan fingerprint density at radius 3 is 3.00 bits per heavy atom. The Bertz CT molecular complexity index is 478. The van der Waals surface area contributed by atoms with Gasteiger partial charge in [0.25, 0.3) is 0 Å². The summed E-state index contributed by atoms with van der Waals surface area (Å²) in [6.45, 7) is 1.63. The Kier molecular flexibility index (Phi) is 2.22. The Hall–Kier alpha value is -1.75. The molecule has 0 bridgehead atoms. The molecule has 0 spiro atoms. The van der Waals surface area contributed by atoms with Crippen LogP contribution in [0.3, 0.4) is 0 Å². The van der Waals surface area contributed by atoms with E-state index in [1.807, 2.05) is 24.1 Å². The molecule has 3 heterocycles. The van der Waals surface area contributed by atoms with Gasteiger partial charge >= 0.3 is 0 Å². The zero-order valence-corrected chi connectivity index (χ0v) is 9.72. The van der Waals surface area contributed by atoms with E-state index in [0.29, 0.717) is 12.2 Å². The topological polar surface area (TPSA) is 62.7 Å². The Labute approximate surface area is 99.5 Å². The van der Waals surface area contributed by atoms with Crippen LogP contribution in [0, 0.1) is 0 Å². The van der Waals surface area contributed by atoms with E-state index in [1.54, 1.807) is 6.26 Å². The van der Waals surface area contributed by atoms with E-state index in [2.05, 4.69) is 4.90 Å². The molecule has 90 valence electrons. The number of hydrogen-bond donors (Lipinski definition) is 1. The number of fused-ring (bicyclic) bond motifs is 1. The smallest absolute Gasteiger partial charge is 0.232 e. The molecular formula is C12H15N3O2. The van der Waals surface area contributed by atoms with E-state index in [1.165, 1.54) is 0 Å². The molecule has 1 unspecified atom stereocenters. The molecular weight excluding hydrogens is 218 g/mol. The van der Waals surface area contributed by atoms with Crippen LogP contribution < -0.4 is 5.73 Å². The maximum Gasteiger partial charge on any atom is 0.232 e. The number of hydrogen-bond acceptors (Lipinski definition) is 4. The highest BCUT2D eigenvalue weighted by Gasteiger charge is 2.39. The molecule has 0 saturated carbocycles.